The minimum Gasteiger partial charge on any atom is -0.392 e. The molecule has 1 heteroatoms. The Bertz CT molecular complexity index is 290. The molecular weight excluding hydrogens is 292 g/mol. The lowest BCUT2D eigenvalue weighted by Gasteiger charge is -2.03. The van der Waals surface area contributed by atoms with Crippen LogP contribution in [0.3, 0.4) is 0 Å². The zero-order valence-corrected chi connectivity index (χ0v) is 16.7. The standard InChI is InChI=1S/C23H44O/c1-3-5-7-9-11-12-13-14-16-18-20-23(21-22-24)19-17-15-10-8-6-4-2/h18,20-21,24H,3-17,19,22H2,1-2H3/b20-18-,23-21-. The number of allylic oxidation sites excluding steroid dienone is 3. The zero-order chi connectivity index (χ0) is 17.7. The molecule has 1 nitrogen and oxygen atoms in total. The Labute approximate surface area is 152 Å². The summed E-state index contributed by atoms with van der Waals surface area (Å²) >= 11 is 0. The van der Waals surface area contributed by atoms with E-state index in [-0.39, 0.29) is 6.61 Å². The highest BCUT2D eigenvalue weighted by molar-refractivity contribution is 5.18. The van der Waals surface area contributed by atoms with Crippen molar-refractivity contribution >= 4 is 0 Å². The Hall–Kier alpha value is -0.560. The second-order valence-electron chi connectivity index (χ2n) is 7.15. The summed E-state index contributed by atoms with van der Waals surface area (Å²) in [6, 6.07) is 0. The molecule has 0 fully saturated rings. The summed E-state index contributed by atoms with van der Waals surface area (Å²) in [7, 11) is 0. The van der Waals surface area contributed by atoms with E-state index < -0.39 is 0 Å². The van der Waals surface area contributed by atoms with Crippen LogP contribution in [0.5, 0.6) is 0 Å². The maximum atomic E-state index is 9.16. The summed E-state index contributed by atoms with van der Waals surface area (Å²) in [4.78, 5) is 0. The van der Waals surface area contributed by atoms with Gasteiger partial charge in [-0.25, -0.2) is 0 Å². The van der Waals surface area contributed by atoms with Gasteiger partial charge in [0, 0.05) is 0 Å². The molecule has 0 aromatic carbocycles. The second-order valence-corrected chi connectivity index (χ2v) is 7.15. The molecule has 0 saturated carbocycles. The van der Waals surface area contributed by atoms with E-state index >= 15 is 0 Å². The molecule has 0 aliphatic rings. The van der Waals surface area contributed by atoms with Crippen LogP contribution in [-0.4, -0.2) is 11.7 Å². The van der Waals surface area contributed by atoms with Crippen LogP contribution in [0.2, 0.25) is 0 Å². The van der Waals surface area contributed by atoms with Crippen molar-refractivity contribution in [2.75, 3.05) is 6.61 Å². The molecule has 0 unspecified atom stereocenters. The molecule has 0 aliphatic carbocycles. The average Bonchev–Trinajstić information content (AvgIpc) is 2.59. The first-order chi connectivity index (χ1) is 11.8. The monoisotopic (exact) mass is 336 g/mol. The molecule has 0 saturated heterocycles. The number of unbranched alkanes of at least 4 members (excludes halogenated alkanes) is 13. The largest absolute Gasteiger partial charge is 0.392 e. The number of aliphatic hydroxyl groups is 1. The van der Waals surface area contributed by atoms with E-state index in [0.29, 0.717) is 0 Å². The fourth-order valence-electron chi connectivity index (χ4n) is 3.11. The van der Waals surface area contributed by atoms with Crippen molar-refractivity contribution in [1.29, 1.82) is 0 Å². The molecule has 0 aromatic heterocycles. The van der Waals surface area contributed by atoms with E-state index in [1.165, 1.54) is 102 Å². The van der Waals surface area contributed by atoms with Gasteiger partial charge in [0.1, 0.15) is 0 Å². The number of hydrogen-bond donors (Lipinski definition) is 1. The Morgan fingerprint density at radius 2 is 1.17 bits per heavy atom. The zero-order valence-electron chi connectivity index (χ0n) is 16.7. The molecule has 24 heavy (non-hydrogen) atoms. The van der Waals surface area contributed by atoms with E-state index in [9.17, 15) is 0 Å². The fraction of sp³-hybridized carbons (Fsp3) is 0.826. The van der Waals surface area contributed by atoms with Crippen molar-refractivity contribution in [2.24, 2.45) is 0 Å². The van der Waals surface area contributed by atoms with Crippen LogP contribution >= 0.6 is 0 Å². The first-order valence-corrected chi connectivity index (χ1v) is 10.8. The third-order valence-electron chi connectivity index (χ3n) is 4.73. The lowest BCUT2D eigenvalue weighted by molar-refractivity contribution is 0.341. The first kappa shape index (κ1) is 23.4. The molecular formula is C23H44O. The third-order valence-corrected chi connectivity index (χ3v) is 4.73. The lowest BCUT2D eigenvalue weighted by atomic mass is 10.0. The fourth-order valence-corrected chi connectivity index (χ4v) is 3.11. The van der Waals surface area contributed by atoms with Gasteiger partial charge in [-0.15, -0.1) is 0 Å². The highest BCUT2D eigenvalue weighted by atomic mass is 16.2. The summed E-state index contributed by atoms with van der Waals surface area (Å²) in [5.74, 6) is 0. The molecule has 0 amide bonds. The van der Waals surface area contributed by atoms with Gasteiger partial charge in [-0.3, -0.25) is 0 Å². The smallest absolute Gasteiger partial charge is 0.0618 e. The van der Waals surface area contributed by atoms with E-state index in [0.717, 1.165) is 6.42 Å². The van der Waals surface area contributed by atoms with Crippen LogP contribution in [-0.2, 0) is 0 Å². The molecule has 142 valence electrons. The van der Waals surface area contributed by atoms with E-state index in [2.05, 4.69) is 26.0 Å². The van der Waals surface area contributed by atoms with Crippen LogP contribution in [0.15, 0.2) is 23.8 Å². The Balaban J connectivity index is 3.61. The molecule has 0 aromatic rings. The quantitative estimate of drug-likeness (QED) is 0.200. The highest BCUT2D eigenvalue weighted by Crippen LogP contribution is 2.14. The number of hydrogen-bond acceptors (Lipinski definition) is 1. The third kappa shape index (κ3) is 17.8. The Morgan fingerprint density at radius 3 is 1.71 bits per heavy atom. The summed E-state index contributed by atoms with van der Waals surface area (Å²) in [6.45, 7) is 4.71. The first-order valence-electron chi connectivity index (χ1n) is 10.8. The van der Waals surface area contributed by atoms with E-state index in [4.69, 9.17) is 5.11 Å². The number of rotatable bonds is 18. The maximum Gasteiger partial charge on any atom is 0.0618 e. The minimum absolute atomic E-state index is 0.174. The Kier molecular flexibility index (Phi) is 20.0. The summed E-state index contributed by atoms with van der Waals surface area (Å²) in [5, 5.41) is 9.16. The van der Waals surface area contributed by atoms with Gasteiger partial charge < -0.3 is 5.11 Å². The molecule has 0 radical (unpaired) electrons. The van der Waals surface area contributed by atoms with Crippen molar-refractivity contribution in [3.8, 4) is 0 Å². The molecule has 0 spiro atoms. The maximum absolute atomic E-state index is 9.16. The molecule has 0 atom stereocenters. The van der Waals surface area contributed by atoms with Crippen molar-refractivity contribution in [1.82, 2.24) is 0 Å². The van der Waals surface area contributed by atoms with Crippen molar-refractivity contribution < 1.29 is 5.11 Å². The average molecular weight is 337 g/mol. The van der Waals surface area contributed by atoms with Crippen molar-refractivity contribution in [3.05, 3.63) is 23.8 Å². The number of aliphatic hydroxyl groups excluding tert-OH is 1. The molecule has 0 rings (SSSR count). The van der Waals surface area contributed by atoms with Crippen molar-refractivity contribution in [2.45, 2.75) is 117 Å². The van der Waals surface area contributed by atoms with Crippen LogP contribution in [0.1, 0.15) is 117 Å². The minimum atomic E-state index is 0.174. The van der Waals surface area contributed by atoms with Crippen LogP contribution in [0.4, 0.5) is 0 Å². The normalized spacial score (nSPS) is 12.4. The molecule has 0 bridgehead atoms. The van der Waals surface area contributed by atoms with Gasteiger partial charge >= 0.3 is 0 Å². The Morgan fingerprint density at radius 1 is 0.667 bits per heavy atom. The van der Waals surface area contributed by atoms with Gasteiger partial charge in [-0.05, 0) is 25.7 Å². The lowest BCUT2D eigenvalue weighted by Crippen LogP contribution is -1.86. The summed E-state index contributed by atoms with van der Waals surface area (Å²) < 4.78 is 0. The predicted octanol–water partition coefficient (Wildman–Crippen LogP) is 7.74. The van der Waals surface area contributed by atoms with Gasteiger partial charge in [0.25, 0.3) is 0 Å². The summed E-state index contributed by atoms with van der Waals surface area (Å²) in [5.41, 5.74) is 1.33. The van der Waals surface area contributed by atoms with Crippen LogP contribution in [0, 0.1) is 0 Å². The van der Waals surface area contributed by atoms with E-state index in [1.54, 1.807) is 0 Å². The second kappa shape index (κ2) is 20.5. The van der Waals surface area contributed by atoms with E-state index in [1.807, 2.05) is 6.08 Å². The predicted molar refractivity (Wildman–Crippen MR) is 110 cm³/mol. The SMILES string of the molecule is CCCCCCCCCC/C=C\C(=C/CO)CCCCCCCC. The molecule has 0 heterocycles. The molecule has 0 aliphatic heterocycles. The molecule has 1 N–H and O–H groups in total. The topological polar surface area (TPSA) is 20.2 Å². The summed E-state index contributed by atoms with van der Waals surface area (Å²) in [6.07, 6.45) is 28.0. The van der Waals surface area contributed by atoms with Gasteiger partial charge in [-0.1, -0.05) is 115 Å². The highest BCUT2D eigenvalue weighted by Gasteiger charge is 1.95. The van der Waals surface area contributed by atoms with Crippen LogP contribution in [0.25, 0.3) is 0 Å². The van der Waals surface area contributed by atoms with Gasteiger partial charge in [0.15, 0.2) is 0 Å². The van der Waals surface area contributed by atoms with Crippen molar-refractivity contribution in [3.63, 3.8) is 0 Å². The van der Waals surface area contributed by atoms with Gasteiger partial charge in [-0.2, -0.15) is 0 Å². The van der Waals surface area contributed by atoms with Crippen LogP contribution < -0.4 is 0 Å². The van der Waals surface area contributed by atoms with Gasteiger partial charge in [0.05, 0.1) is 6.61 Å². The van der Waals surface area contributed by atoms with Gasteiger partial charge in [0.2, 0.25) is 0 Å².